The average Bonchev–Trinajstić information content (AvgIpc) is 2.76. The van der Waals surface area contributed by atoms with Crippen molar-refractivity contribution in [3.63, 3.8) is 0 Å². The van der Waals surface area contributed by atoms with Gasteiger partial charge in [-0.2, -0.15) is 0 Å². The number of aromatic nitrogens is 1. The van der Waals surface area contributed by atoms with Gasteiger partial charge in [-0.25, -0.2) is 4.98 Å². The lowest BCUT2D eigenvalue weighted by molar-refractivity contribution is -0.122. The second kappa shape index (κ2) is 5.01. The Hall–Kier alpha value is -1.88. The van der Waals surface area contributed by atoms with E-state index in [1.807, 2.05) is 29.6 Å². The summed E-state index contributed by atoms with van der Waals surface area (Å²) in [7, 11) is 0. The van der Waals surface area contributed by atoms with Gasteiger partial charge in [-0.3, -0.25) is 4.79 Å². The number of carbonyl (C=O) groups is 1. The molecule has 1 aliphatic rings. The van der Waals surface area contributed by atoms with Gasteiger partial charge in [0.2, 0.25) is 5.91 Å². The van der Waals surface area contributed by atoms with Crippen LogP contribution in [0, 0.1) is 5.92 Å². The van der Waals surface area contributed by atoms with E-state index < -0.39 is 0 Å². The number of anilines is 2. The molecule has 5 heteroatoms. The molecule has 1 amide bonds. The van der Waals surface area contributed by atoms with E-state index in [0.29, 0.717) is 5.13 Å². The second-order valence-electron chi connectivity index (χ2n) is 4.78. The van der Waals surface area contributed by atoms with E-state index in [0.717, 1.165) is 36.2 Å². The Labute approximate surface area is 115 Å². The maximum atomic E-state index is 11.8. The van der Waals surface area contributed by atoms with Crippen molar-refractivity contribution in [3.8, 4) is 11.3 Å². The second-order valence-corrected chi connectivity index (χ2v) is 5.64. The van der Waals surface area contributed by atoms with E-state index in [4.69, 9.17) is 5.73 Å². The molecular weight excluding hydrogens is 258 g/mol. The van der Waals surface area contributed by atoms with Gasteiger partial charge in [-0.05, 0) is 25.0 Å². The van der Waals surface area contributed by atoms with Crippen molar-refractivity contribution >= 4 is 28.1 Å². The van der Waals surface area contributed by atoms with Crippen LogP contribution in [0.25, 0.3) is 11.3 Å². The molecule has 0 bridgehead atoms. The number of benzene rings is 1. The van der Waals surface area contributed by atoms with Crippen molar-refractivity contribution in [1.29, 1.82) is 0 Å². The highest BCUT2D eigenvalue weighted by Crippen LogP contribution is 2.29. The molecule has 4 nitrogen and oxygen atoms in total. The van der Waals surface area contributed by atoms with Crippen LogP contribution < -0.4 is 11.1 Å². The summed E-state index contributed by atoms with van der Waals surface area (Å²) in [6, 6.07) is 7.56. The number of nitrogens with zero attached hydrogens (tertiary/aromatic N) is 1. The molecule has 1 aromatic carbocycles. The first kappa shape index (κ1) is 12.2. The summed E-state index contributed by atoms with van der Waals surface area (Å²) >= 11 is 1.45. The zero-order valence-electron chi connectivity index (χ0n) is 10.4. The Kier molecular flexibility index (Phi) is 3.21. The normalized spacial score (nSPS) is 14.9. The molecule has 98 valence electrons. The summed E-state index contributed by atoms with van der Waals surface area (Å²) < 4.78 is 0. The predicted molar refractivity (Wildman–Crippen MR) is 77.9 cm³/mol. The summed E-state index contributed by atoms with van der Waals surface area (Å²) in [5.74, 6) is 0.285. The van der Waals surface area contributed by atoms with E-state index in [1.54, 1.807) is 0 Å². The van der Waals surface area contributed by atoms with Gasteiger partial charge in [0.05, 0.1) is 5.69 Å². The van der Waals surface area contributed by atoms with Crippen LogP contribution >= 0.6 is 11.3 Å². The van der Waals surface area contributed by atoms with Crippen molar-refractivity contribution in [1.82, 2.24) is 4.98 Å². The Morgan fingerprint density at radius 1 is 1.32 bits per heavy atom. The van der Waals surface area contributed by atoms with Gasteiger partial charge < -0.3 is 11.1 Å². The lowest BCUT2D eigenvalue weighted by Crippen LogP contribution is -2.27. The number of hydrogen-bond acceptors (Lipinski definition) is 4. The number of nitrogens with one attached hydrogen (secondary N) is 1. The van der Waals surface area contributed by atoms with E-state index in [1.165, 1.54) is 11.3 Å². The van der Waals surface area contributed by atoms with Crippen LogP contribution in [0.2, 0.25) is 0 Å². The number of nitrogens with two attached hydrogens (primary N) is 1. The Morgan fingerprint density at radius 3 is 2.68 bits per heavy atom. The molecule has 1 fully saturated rings. The highest BCUT2D eigenvalue weighted by Gasteiger charge is 2.25. The zero-order valence-corrected chi connectivity index (χ0v) is 11.2. The lowest BCUT2D eigenvalue weighted by atomic mass is 9.85. The van der Waals surface area contributed by atoms with Crippen molar-refractivity contribution in [2.24, 2.45) is 5.92 Å². The van der Waals surface area contributed by atoms with E-state index >= 15 is 0 Å². The largest absolute Gasteiger partial charge is 0.399 e. The minimum Gasteiger partial charge on any atom is -0.399 e. The molecule has 0 saturated heterocycles. The number of hydrogen-bond donors (Lipinski definition) is 2. The first-order chi connectivity index (χ1) is 9.22. The minimum absolute atomic E-state index is 0.101. The standard InChI is InChI=1S/C14H15N3OS/c15-11-6-4-9(5-7-11)12-8-19-14(16-12)17-13(18)10-2-1-3-10/h4-8,10H,1-3,15H2,(H,16,17,18). The molecular formula is C14H15N3OS. The van der Waals surface area contributed by atoms with Crippen LogP contribution in [-0.2, 0) is 4.79 Å². The van der Waals surface area contributed by atoms with Crippen LogP contribution in [0.3, 0.4) is 0 Å². The molecule has 0 aliphatic heterocycles. The van der Waals surface area contributed by atoms with Crippen LogP contribution in [0.1, 0.15) is 19.3 Å². The van der Waals surface area contributed by atoms with Crippen molar-refractivity contribution in [2.45, 2.75) is 19.3 Å². The molecule has 2 aromatic rings. The molecule has 1 aliphatic carbocycles. The molecule has 1 aromatic heterocycles. The molecule has 0 spiro atoms. The zero-order chi connectivity index (χ0) is 13.2. The Morgan fingerprint density at radius 2 is 2.05 bits per heavy atom. The van der Waals surface area contributed by atoms with Crippen LogP contribution in [0.15, 0.2) is 29.6 Å². The molecule has 0 radical (unpaired) electrons. The molecule has 3 N–H and O–H groups in total. The van der Waals surface area contributed by atoms with Crippen LogP contribution in [-0.4, -0.2) is 10.9 Å². The number of thiazole rings is 1. The van der Waals surface area contributed by atoms with E-state index in [-0.39, 0.29) is 11.8 Å². The quantitative estimate of drug-likeness (QED) is 0.844. The topological polar surface area (TPSA) is 68.0 Å². The van der Waals surface area contributed by atoms with E-state index in [9.17, 15) is 4.79 Å². The van der Waals surface area contributed by atoms with Gasteiger partial charge in [0.1, 0.15) is 0 Å². The van der Waals surface area contributed by atoms with Crippen molar-refractivity contribution in [3.05, 3.63) is 29.6 Å². The van der Waals surface area contributed by atoms with Crippen LogP contribution in [0.4, 0.5) is 10.8 Å². The highest BCUT2D eigenvalue weighted by atomic mass is 32.1. The smallest absolute Gasteiger partial charge is 0.229 e. The van der Waals surface area contributed by atoms with Crippen molar-refractivity contribution < 1.29 is 4.79 Å². The number of amides is 1. The fraction of sp³-hybridized carbons (Fsp3) is 0.286. The van der Waals surface area contributed by atoms with Crippen LogP contribution in [0.5, 0.6) is 0 Å². The van der Waals surface area contributed by atoms with Gasteiger partial charge in [0.25, 0.3) is 0 Å². The molecule has 1 heterocycles. The summed E-state index contributed by atoms with van der Waals surface area (Å²) in [5.41, 5.74) is 8.27. The van der Waals surface area contributed by atoms with Gasteiger partial charge in [0.15, 0.2) is 5.13 Å². The minimum atomic E-state index is 0.101. The summed E-state index contributed by atoms with van der Waals surface area (Å²) in [6.45, 7) is 0. The predicted octanol–water partition coefficient (Wildman–Crippen LogP) is 3.13. The van der Waals surface area contributed by atoms with Gasteiger partial charge in [-0.15, -0.1) is 11.3 Å². The fourth-order valence-electron chi connectivity index (χ4n) is 2.00. The highest BCUT2D eigenvalue weighted by molar-refractivity contribution is 7.14. The fourth-order valence-corrected chi connectivity index (χ4v) is 2.72. The monoisotopic (exact) mass is 273 g/mol. The SMILES string of the molecule is Nc1ccc(-c2csc(NC(=O)C3CCC3)n2)cc1. The number of carbonyl (C=O) groups excluding carboxylic acids is 1. The molecule has 3 rings (SSSR count). The molecule has 0 atom stereocenters. The van der Waals surface area contributed by atoms with Gasteiger partial charge in [-0.1, -0.05) is 18.6 Å². The summed E-state index contributed by atoms with van der Waals surface area (Å²) in [4.78, 5) is 16.3. The number of nitrogen functional groups attached to an aromatic ring is 1. The summed E-state index contributed by atoms with van der Waals surface area (Å²) in [6.07, 6.45) is 3.16. The molecule has 0 unspecified atom stereocenters. The van der Waals surface area contributed by atoms with Gasteiger partial charge >= 0.3 is 0 Å². The lowest BCUT2D eigenvalue weighted by Gasteiger charge is -2.23. The Balaban J connectivity index is 1.72. The Bertz CT molecular complexity index is 587. The van der Waals surface area contributed by atoms with Crippen molar-refractivity contribution in [2.75, 3.05) is 11.1 Å². The third-order valence-corrected chi connectivity index (χ3v) is 4.17. The number of rotatable bonds is 3. The molecule has 19 heavy (non-hydrogen) atoms. The first-order valence-corrected chi connectivity index (χ1v) is 7.22. The third kappa shape index (κ3) is 2.61. The van der Waals surface area contributed by atoms with Gasteiger partial charge in [0, 0.05) is 22.5 Å². The van der Waals surface area contributed by atoms with E-state index in [2.05, 4.69) is 10.3 Å². The summed E-state index contributed by atoms with van der Waals surface area (Å²) in [5, 5.41) is 5.51. The average molecular weight is 273 g/mol. The first-order valence-electron chi connectivity index (χ1n) is 6.35. The maximum absolute atomic E-state index is 11.8. The maximum Gasteiger partial charge on any atom is 0.229 e. The molecule has 1 saturated carbocycles. The third-order valence-electron chi connectivity index (χ3n) is 3.42.